The highest BCUT2D eigenvalue weighted by Crippen LogP contribution is 2.23. The lowest BCUT2D eigenvalue weighted by Gasteiger charge is -2.32. The maximum Gasteiger partial charge on any atom is 0.257 e. The number of hydrogen-bond acceptors (Lipinski definition) is 3. The van der Waals surface area contributed by atoms with Gasteiger partial charge in [0.2, 0.25) is 0 Å². The van der Waals surface area contributed by atoms with Crippen LogP contribution in [0.5, 0.6) is 0 Å². The summed E-state index contributed by atoms with van der Waals surface area (Å²) in [6, 6.07) is 8.11. The summed E-state index contributed by atoms with van der Waals surface area (Å²) < 4.78 is 1.93. The van der Waals surface area contributed by atoms with Crippen LogP contribution < -0.4 is 0 Å². The topological polar surface area (TPSA) is 66.8 Å². The van der Waals surface area contributed by atoms with Gasteiger partial charge in [-0.25, -0.2) is 4.98 Å². The van der Waals surface area contributed by atoms with Crippen molar-refractivity contribution in [1.29, 1.82) is 0 Å². The summed E-state index contributed by atoms with van der Waals surface area (Å²) >= 11 is 0. The van der Waals surface area contributed by atoms with Crippen LogP contribution in [0.15, 0.2) is 30.5 Å². The lowest BCUT2D eigenvalue weighted by Crippen LogP contribution is -2.40. The number of imidazole rings is 1. The first-order valence-electron chi connectivity index (χ1n) is 9.91. The van der Waals surface area contributed by atoms with E-state index in [4.69, 9.17) is 4.98 Å². The Morgan fingerprint density at radius 1 is 1.33 bits per heavy atom. The van der Waals surface area contributed by atoms with E-state index in [2.05, 4.69) is 23.1 Å². The molecule has 1 atom stereocenters. The van der Waals surface area contributed by atoms with E-state index in [1.54, 1.807) is 6.20 Å². The second-order valence-corrected chi connectivity index (χ2v) is 7.53. The molecule has 1 fully saturated rings. The molecule has 3 heterocycles. The van der Waals surface area contributed by atoms with Gasteiger partial charge < -0.3 is 9.88 Å². The minimum atomic E-state index is 0.115. The Morgan fingerprint density at radius 2 is 2.19 bits per heavy atom. The number of likely N-dealkylation sites (tertiary alicyclic amines) is 1. The third-order valence-corrected chi connectivity index (χ3v) is 5.50. The molecule has 0 unspecified atom stereocenters. The highest BCUT2D eigenvalue weighted by Gasteiger charge is 2.27. The number of piperidine rings is 1. The zero-order chi connectivity index (χ0) is 18.8. The number of benzene rings is 1. The van der Waals surface area contributed by atoms with E-state index in [1.807, 2.05) is 34.7 Å². The zero-order valence-electron chi connectivity index (χ0n) is 16.1. The molecular formula is C21H27N5O. The molecule has 6 nitrogen and oxygen atoms in total. The molecule has 0 radical (unpaired) electrons. The fourth-order valence-electron chi connectivity index (χ4n) is 4.06. The lowest BCUT2D eigenvalue weighted by molar-refractivity contribution is 0.0671. The van der Waals surface area contributed by atoms with Gasteiger partial charge in [0.15, 0.2) is 0 Å². The largest absolute Gasteiger partial charge is 0.342 e. The van der Waals surface area contributed by atoms with Gasteiger partial charge in [0.05, 0.1) is 22.8 Å². The van der Waals surface area contributed by atoms with Gasteiger partial charge in [-0.3, -0.25) is 9.48 Å². The smallest absolute Gasteiger partial charge is 0.257 e. The number of nitrogens with zero attached hydrogens (tertiary/aromatic N) is 4. The Hall–Kier alpha value is -2.63. The minimum Gasteiger partial charge on any atom is -0.342 e. The van der Waals surface area contributed by atoms with E-state index in [0.29, 0.717) is 5.92 Å². The molecule has 1 aliphatic heterocycles. The molecule has 1 amide bonds. The third kappa shape index (κ3) is 3.61. The second-order valence-electron chi connectivity index (χ2n) is 7.53. The van der Waals surface area contributed by atoms with Crippen molar-refractivity contribution < 1.29 is 4.79 Å². The molecule has 0 saturated carbocycles. The van der Waals surface area contributed by atoms with E-state index >= 15 is 0 Å². The van der Waals surface area contributed by atoms with Crippen molar-refractivity contribution >= 4 is 16.9 Å². The number of fused-ring (bicyclic) bond motifs is 1. The Kier molecular flexibility index (Phi) is 4.97. The summed E-state index contributed by atoms with van der Waals surface area (Å²) in [5.41, 5.74) is 3.81. The van der Waals surface area contributed by atoms with E-state index in [1.165, 1.54) is 0 Å². The van der Waals surface area contributed by atoms with E-state index in [0.717, 1.165) is 73.4 Å². The van der Waals surface area contributed by atoms with Crippen molar-refractivity contribution in [3.05, 3.63) is 47.5 Å². The number of aromatic amines is 1. The number of hydrogen-bond donors (Lipinski definition) is 1. The van der Waals surface area contributed by atoms with Gasteiger partial charge in [0.25, 0.3) is 5.91 Å². The van der Waals surface area contributed by atoms with Crippen molar-refractivity contribution in [2.45, 2.75) is 46.1 Å². The predicted octanol–water partition coefficient (Wildman–Crippen LogP) is 3.57. The minimum absolute atomic E-state index is 0.115. The molecule has 1 aromatic carbocycles. The fraction of sp³-hybridized carbons (Fsp3) is 0.476. The van der Waals surface area contributed by atoms with Crippen LogP contribution in [0.25, 0.3) is 11.0 Å². The number of carbonyl (C=O) groups is 1. The van der Waals surface area contributed by atoms with Crippen LogP contribution in [0.3, 0.4) is 0 Å². The predicted molar refractivity (Wildman–Crippen MR) is 106 cm³/mol. The van der Waals surface area contributed by atoms with E-state index in [-0.39, 0.29) is 5.91 Å². The Balaban J connectivity index is 1.45. The van der Waals surface area contributed by atoms with Gasteiger partial charge in [0.1, 0.15) is 5.82 Å². The standard InChI is InChI=1S/C21H27N5O/c1-3-10-26-15(2)17(13-22-26)21(27)25-11-6-7-16(14-25)12-20-23-18-8-4-5-9-19(18)24-20/h4-5,8-9,13,16H,3,6-7,10-12,14H2,1-2H3,(H,23,24)/t16-/m1/s1. The molecule has 0 spiro atoms. The highest BCUT2D eigenvalue weighted by molar-refractivity contribution is 5.95. The Morgan fingerprint density at radius 3 is 3.00 bits per heavy atom. The number of H-pyrrole nitrogens is 1. The molecule has 4 rings (SSSR count). The maximum absolute atomic E-state index is 13.0. The molecule has 1 N–H and O–H groups in total. The van der Waals surface area contributed by atoms with Crippen molar-refractivity contribution in [1.82, 2.24) is 24.6 Å². The monoisotopic (exact) mass is 365 g/mol. The SMILES string of the molecule is CCCn1ncc(C(=O)N2CCC[C@H](Cc3nc4ccccc4[nH]3)C2)c1C. The molecule has 1 aliphatic rings. The van der Waals surface area contributed by atoms with E-state index in [9.17, 15) is 4.79 Å². The van der Waals surface area contributed by atoms with Gasteiger partial charge in [-0.1, -0.05) is 19.1 Å². The average Bonchev–Trinajstić information content (AvgIpc) is 3.25. The molecule has 0 aliphatic carbocycles. The number of rotatable bonds is 5. The third-order valence-electron chi connectivity index (χ3n) is 5.50. The summed E-state index contributed by atoms with van der Waals surface area (Å²) in [5.74, 6) is 1.57. The van der Waals surface area contributed by atoms with E-state index < -0.39 is 0 Å². The first kappa shape index (κ1) is 17.8. The van der Waals surface area contributed by atoms with Crippen molar-refractivity contribution in [3.63, 3.8) is 0 Å². The first-order valence-corrected chi connectivity index (χ1v) is 9.91. The molecule has 142 valence electrons. The van der Waals surface area contributed by atoms with Gasteiger partial charge in [-0.15, -0.1) is 0 Å². The van der Waals surface area contributed by atoms with Crippen LogP contribution >= 0.6 is 0 Å². The summed E-state index contributed by atoms with van der Waals surface area (Å²) in [6.07, 6.45) is 5.80. The van der Waals surface area contributed by atoms with Crippen LogP contribution in [-0.2, 0) is 13.0 Å². The Labute approximate surface area is 159 Å². The number of nitrogens with one attached hydrogen (secondary N) is 1. The number of para-hydroxylation sites is 2. The van der Waals surface area contributed by atoms with Crippen LogP contribution in [0.2, 0.25) is 0 Å². The number of aromatic nitrogens is 4. The first-order chi connectivity index (χ1) is 13.2. The molecule has 3 aromatic rings. The second kappa shape index (κ2) is 7.55. The molecule has 6 heteroatoms. The van der Waals surface area contributed by atoms with Gasteiger partial charge in [-0.05, 0) is 44.2 Å². The summed E-state index contributed by atoms with van der Waals surface area (Å²) in [4.78, 5) is 23.1. The summed E-state index contributed by atoms with van der Waals surface area (Å²) in [6.45, 7) is 6.58. The fourth-order valence-corrected chi connectivity index (χ4v) is 4.06. The number of aryl methyl sites for hydroxylation is 1. The number of carbonyl (C=O) groups excluding carboxylic acids is 1. The van der Waals surface area contributed by atoms with Gasteiger partial charge in [-0.2, -0.15) is 5.10 Å². The summed E-state index contributed by atoms with van der Waals surface area (Å²) in [7, 11) is 0. The quantitative estimate of drug-likeness (QED) is 0.751. The average molecular weight is 365 g/mol. The normalized spacial score (nSPS) is 17.6. The zero-order valence-corrected chi connectivity index (χ0v) is 16.1. The lowest BCUT2D eigenvalue weighted by atomic mass is 9.94. The van der Waals surface area contributed by atoms with Crippen molar-refractivity contribution in [2.24, 2.45) is 5.92 Å². The van der Waals surface area contributed by atoms with Crippen LogP contribution in [0.4, 0.5) is 0 Å². The molecular weight excluding hydrogens is 338 g/mol. The van der Waals surface area contributed by atoms with Crippen LogP contribution in [0.1, 0.15) is 48.1 Å². The number of amides is 1. The Bertz CT molecular complexity index is 908. The van der Waals surface area contributed by atoms with Gasteiger partial charge in [0, 0.05) is 31.7 Å². The highest BCUT2D eigenvalue weighted by atomic mass is 16.2. The molecule has 0 bridgehead atoms. The molecule has 2 aromatic heterocycles. The maximum atomic E-state index is 13.0. The van der Waals surface area contributed by atoms with Crippen LogP contribution in [-0.4, -0.2) is 43.6 Å². The van der Waals surface area contributed by atoms with Gasteiger partial charge >= 0.3 is 0 Å². The van der Waals surface area contributed by atoms with Crippen molar-refractivity contribution in [2.75, 3.05) is 13.1 Å². The molecule has 1 saturated heterocycles. The van der Waals surface area contributed by atoms with Crippen LogP contribution in [0, 0.1) is 12.8 Å². The summed E-state index contributed by atoms with van der Waals surface area (Å²) in [5, 5.41) is 4.39. The van der Waals surface area contributed by atoms with Crippen molar-refractivity contribution in [3.8, 4) is 0 Å². The molecule has 27 heavy (non-hydrogen) atoms.